The zero-order chi connectivity index (χ0) is 17.5. The first-order valence-electron chi connectivity index (χ1n) is 8.08. The summed E-state index contributed by atoms with van der Waals surface area (Å²) in [5.41, 5.74) is 0.829. The van der Waals surface area contributed by atoms with Gasteiger partial charge in [-0.15, -0.1) is 12.4 Å². The summed E-state index contributed by atoms with van der Waals surface area (Å²) in [5, 5.41) is 6.19. The summed E-state index contributed by atoms with van der Waals surface area (Å²) in [6.07, 6.45) is 1.61. The Morgan fingerprint density at radius 3 is 2.64 bits per heavy atom. The molecule has 0 aromatic heterocycles. The monoisotopic (exact) mass is 389 g/mol. The molecule has 1 aromatic rings. The molecule has 25 heavy (non-hydrogen) atoms. The van der Waals surface area contributed by atoms with E-state index in [1.807, 2.05) is 17.0 Å². The van der Waals surface area contributed by atoms with E-state index in [1.165, 1.54) is 0 Å². The van der Waals surface area contributed by atoms with Gasteiger partial charge >= 0.3 is 0 Å². The summed E-state index contributed by atoms with van der Waals surface area (Å²) in [5.74, 6) is -0.193. The molecule has 1 aliphatic rings. The molecule has 140 valence electrons. The van der Waals surface area contributed by atoms with Crippen LogP contribution in [0.15, 0.2) is 24.3 Å². The van der Waals surface area contributed by atoms with Crippen molar-refractivity contribution in [1.29, 1.82) is 0 Å². The van der Waals surface area contributed by atoms with Crippen LogP contribution in [0.2, 0.25) is 5.02 Å². The number of carbonyl (C=O) groups excluding carboxylic acids is 2. The van der Waals surface area contributed by atoms with Crippen LogP contribution in [0.1, 0.15) is 24.4 Å². The van der Waals surface area contributed by atoms with Gasteiger partial charge in [0.15, 0.2) is 0 Å². The van der Waals surface area contributed by atoms with Crippen molar-refractivity contribution in [1.82, 2.24) is 15.5 Å². The summed E-state index contributed by atoms with van der Waals surface area (Å²) in [4.78, 5) is 26.9. The van der Waals surface area contributed by atoms with Crippen molar-refractivity contribution in [3.63, 3.8) is 0 Å². The van der Waals surface area contributed by atoms with Crippen LogP contribution in [0, 0.1) is 0 Å². The van der Waals surface area contributed by atoms with E-state index in [0.29, 0.717) is 24.7 Å². The number of hydrogen-bond donors (Lipinski definition) is 2. The predicted octanol–water partition coefficient (Wildman–Crippen LogP) is 1.78. The number of rotatable bonds is 7. The Morgan fingerprint density at radius 2 is 2.04 bits per heavy atom. The van der Waals surface area contributed by atoms with Crippen LogP contribution in [0.5, 0.6) is 0 Å². The lowest BCUT2D eigenvalue weighted by atomic mass is 10.0. The number of likely N-dealkylation sites (tertiary alicyclic amines) is 1. The van der Waals surface area contributed by atoms with Crippen LogP contribution < -0.4 is 10.6 Å². The first-order valence-corrected chi connectivity index (χ1v) is 8.45. The fraction of sp³-hybridized carbons (Fsp3) is 0.529. The van der Waals surface area contributed by atoms with E-state index in [-0.39, 0.29) is 30.3 Å². The number of hydrogen-bond acceptors (Lipinski definition) is 4. The third-order valence-electron chi connectivity index (χ3n) is 4.21. The van der Waals surface area contributed by atoms with Gasteiger partial charge in [0.05, 0.1) is 12.6 Å². The van der Waals surface area contributed by atoms with Gasteiger partial charge < -0.3 is 15.4 Å². The van der Waals surface area contributed by atoms with Crippen molar-refractivity contribution in [3.8, 4) is 0 Å². The topological polar surface area (TPSA) is 70.7 Å². The Balaban J connectivity index is 0.00000312. The van der Waals surface area contributed by atoms with E-state index >= 15 is 0 Å². The number of ether oxygens (including phenoxy) is 1. The smallest absolute Gasteiger partial charge is 0.241 e. The summed E-state index contributed by atoms with van der Waals surface area (Å²) >= 11 is 5.95. The highest BCUT2D eigenvalue weighted by Gasteiger charge is 2.38. The van der Waals surface area contributed by atoms with Crippen molar-refractivity contribution in [3.05, 3.63) is 34.9 Å². The minimum Gasteiger partial charge on any atom is -0.383 e. The van der Waals surface area contributed by atoms with Gasteiger partial charge in [0, 0.05) is 32.3 Å². The fourth-order valence-electron chi connectivity index (χ4n) is 3.05. The van der Waals surface area contributed by atoms with E-state index in [9.17, 15) is 9.59 Å². The van der Waals surface area contributed by atoms with E-state index in [1.54, 1.807) is 26.3 Å². The molecule has 0 radical (unpaired) electrons. The molecule has 2 rings (SSSR count). The predicted molar refractivity (Wildman–Crippen MR) is 100 cm³/mol. The van der Waals surface area contributed by atoms with E-state index in [2.05, 4.69) is 10.6 Å². The summed E-state index contributed by atoms with van der Waals surface area (Å²) in [6, 6.07) is 6.36. The maximum absolute atomic E-state index is 12.5. The van der Waals surface area contributed by atoms with E-state index in [4.69, 9.17) is 16.3 Å². The van der Waals surface area contributed by atoms with Crippen LogP contribution in [0.25, 0.3) is 0 Å². The Labute approximate surface area is 159 Å². The SMILES string of the molecule is CNC(=O)[C@@H](c1ccc(Cl)cc1)N1CCC[C@H]1C(=O)NCCOC.Cl. The van der Waals surface area contributed by atoms with E-state index < -0.39 is 6.04 Å². The van der Waals surface area contributed by atoms with Gasteiger partial charge in [0.2, 0.25) is 11.8 Å². The van der Waals surface area contributed by atoms with Gasteiger partial charge in [-0.25, -0.2) is 0 Å². The van der Waals surface area contributed by atoms with Gasteiger partial charge in [-0.2, -0.15) is 0 Å². The van der Waals surface area contributed by atoms with Crippen LogP contribution in [-0.4, -0.2) is 56.6 Å². The van der Waals surface area contributed by atoms with Gasteiger partial charge in [0.25, 0.3) is 0 Å². The second-order valence-corrected chi connectivity index (χ2v) is 6.18. The third kappa shape index (κ3) is 5.57. The highest BCUT2D eigenvalue weighted by Crippen LogP contribution is 2.30. The molecule has 1 aliphatic heterocycles. The molecule has 2 N–H and O–H groups in total. The van der Waals surface area contributed by atoms with Gasteiger partial charge in [-0.3, -0.25) is 14.5 Å². The minimum atomic E-state index is -0.507. The number of halogens is 2. The molecule has 0 saturated carbocycles. The summed E-state index contributed by atoms with van der Waals surface area (Å²) < 4.78 is 4.96. The first kappa shape index (κ1) is 21.7. The first-order chi connectivity index (χ1) is 11.6. The maximum atomic E-state index is 12.5. The molecule has 0 spiro atoms. The number of methoxy groups -OCH3 is 1. The van der Waals surface area contributed by atoms with Crippen molar-refractivity contribution >= 4 is 35.8 Å². The molecule has 2 amide bonds. The normalized spacial score (nSPS) is 18.3. The number of carbonyl (C=O) groups is 2. The number of benzene rings is 1. The lowest BCUT2D eigenvalue weighted by Gasteiger charge is -2.31. The van der Waals surface area contributed by atoms with E-state index in [0.717, 1.165) is 18.4 Å². The van der Waals surface area contributed by atoms with Crippen LogP contribution in [0.3, 0.4) is 0 Å². The zero-order valence-corrected chi connectivity index (χ0v) is 16.0. The quantitative estimate of drug-likeness (QED) is 0.697. The standard InChI is InChI=1S/C17H24ClN3O3.ClH/c1-19-17(23)15(12-5-7-13(18)8-6-12)21-10-3-4-14(21)16(22)20-9-11-24-2;/h5-8,14-15H,3-4,9-11H2,1-2H3,(H,19,23)(H,20,22);1H/t14-,15+;/m0./s1. The molecule has 0 unspecified atom stereocenters. The van der Waals surface area contributed by atoms with Crippen molar-refractivity contribution in [2.75, 3.05) is 33.9 Å². The molecule has 6 nitrogen and oxygen atoms in total. The maximum Gasteiger partial charge on any atom is 0.241 e. The molecule has 0 aliphatic carbocycles. The molecule has 1 fully saturated rings. The average Bonchev–Trinajstić information content (AvgIpc) is 3.06. The molecule has 2 atom stereocenters. The highest BCUT2D eigenvalue weighted by molar-refractivity contribution is 6.30. The molecular formula is C17H25Cl2N3O3. The molecule has 0 bridgehead atoms. The molecule has 1 saturated heterocycles. The lowest BCUT2D eigenvalue weighted by molar-refractivity contribution is -0.131. The molecular weight excluding hydrogens is 365 g/mol. The minimum absolute atomic E-state index is 0. The van der Waals surface area contributed by atoms with Crippen molar-refractivity contribution in [2.45, 2.75) is 24.9 Å². The van der Waals surface area contributed by atoms with Crippen LogP contribution in [-0.2, 0) is 14.3 Å². The Bertz CT molecular complexity index is 569. The van der Waals surface area contributed by atoms with Crippen LogP contribution in [0.4, 0.5) is 0 Å². The zero-order valence-electron chi connectivity index (χ0n) is 14.5. The number of amides is 2. The second kappa shape index (κ2) is 10.6. The molecule has 8 heteroatoms. The Hall–Kier alpha value is -1.34. The second-order valence-electron chi connectivity index (χ2n) is 5.75. The summed E-state index contributed by atoms with van der Waals surface area (Å²) in [6.45, 7) is 1.63. The summed E-state index contributed by atoms with van der Waals surface area (Å²) in [7, 11) is 3.20. The van der Waals surface area contributed by atoms with Gasteiger partial charge in [-0.05, 0) is 30.5 Å². The average molecular weight is 390 g/mol. The highest BCUT2D eigenvalue weighted by atomic mass is 35.5. The largest absolute Gasteiger partial charge is 0.383 e. The van der Waals surface area contributed by atoms with Crippen LogP contribution >= 0.6 is 24.0 Å². The number of likely N-dealkylation sites (N-methyl/N-ethyl adjacent to an activating group) is 1. The fourth-order valence-corrected chi connectivity index (χ4v) is 3.17. The molecule has 1 aromatic carbocycles. The Kier molecular flexibility index (Phi) is 9.21. The van der Waals surface area contributed by atoms with Crippen molar-refractivity contribution < 1.29 is 14.3 Å². The van der Waals surface area contributed by atoms with Gasteiger partial charge in [-0.1, -0.05) is 23.7 Å². The third-order valence-corrected chi connectivity index (χ3v) is 4.47. The Morgan fingerprint density at radius 1 is 1.36 bits per heavy atom. The molecule has 1 heterocycles. The van der Waals surface area contributed by atoms with Crippen molar-refractivity contribution in [2.24, 2.45) is 0 Å². The van der Waals surface area contributed by atoms with Gasteiger partial charge in [0.1, 0.15) is 6.04 Å². The lowest BCUT2D eigenvalue weighted by Crippen LogP contribution is -2.48. The number of nitrogens with one attached hydrogen (secondary N) is 2. The number of nitrogens with zero attached hydrogens (tertiary/aromatic N) is 1.